The van der Waals surface area contributed by atoms with Crippen molar-refractivity contribution in [3.8, 4) is 17.2 Å². The van der Waals surface area contributed by atoms with Crippen molar-refractivity contribution in [1.29, 1.82) is 0 Å². The van der Waals surface area contributed by atoms with Crippen LogP contribution >= 0.6 is 0 Å². The number of methoxy groups -OCH3 is 1. The molecular weight excluding hydrogens is 396 g/mol. The second-order valence-electron chi connectivity index (χ2n) is 8.41. The van der Waals surface area contributed by atoms with Gasteiger partial charge < -0.3 is 24.4 Å². The molecule has 2 aromatic carbocycles. The monoisotopic (exact) mass is 422 g/mol. The molecule has 2 aliphatic heterocycles. The minimum Gasteiger partial charge on any atom is -0.497 e. The highest BCUT2D eigenvalue weighted by atomic mass is 16.7. The molecular formula is C24H26N2O5. The van der Waals surface area contributed by atoms with Crippen molar-refractivity contribution in [2.45, 2.75) is 25.3 Å². The summed E-state index contributed by atoms with van der Waals surface area (Å²) in [4.78, 5) is 27.7. The highest BCUT2D eigenvalue weighted by molar-refractivity contribution is 5.85. The number of hydrogen-bond acceptors (Lipinski definition) is 5. The molecule has 7 nitrogen and oxygen atoms in total. The summed E-state index contributed by atoms with van der Waals surface area (Å²) < 4.78 is 16.0. The minimum absolute atomic E-state index is 0.0367. The molecule has 2 fully saturated rings. The number of nitrogens with zero attached hydrogens (tertiary/aromatic N) is 1. The molecule has 0 aromatic heterocycles. The maximum atomic E-state index is 13.2. The molecule has 1 aliphatic carbocycles. The first kappa shape index (κ1) is 19.7. The van der Waals surface area contributed by atoms with Crippen molar-refractivity contribution in [1.82, 2.24) is 10.2 Å². The number of carbonyl (C=O) groups excluding carboxylic acids is 2. The second kappa shape index (κ2) is 8.13. The van der Waals surface area contributed by atoms with Crippen molar-refractivity contribution < 1.29 is 23.8 Å². The number of fused-ring (bicyclic) bond motifs is 1. The molecule has 7 heteroatoms. The van der Waals surface area contributed by atoms with Crippen molar-refractivity contribution in [3.05, 3.63) is 53.6 Å². The summed E-state index contributed by atoms with van der Waals surface area (Å²) in [6.07, 6.45) is 1.92. The summed E-state index contributed by atoms with van der Waals surface area (Å²) in [5.74, 6) is 2.16. The molecule has 2 heterocycles. The first-order valence-electron chi connectivity index (χ1n) is 10.7. The predicted octanol–water partition coefficient (Wildman–Crippen LogP) is 2.69. The van der Waals surface area contributed by atoms with Crippen LogP contribution in [0.15, 0.2) is 42.5 Å². The topological polar surface area (TPSA) is 77.1 Å². The van der Waals surface area contributed by atoms with Crippen LogP contribution in [0, 0.1) is 11.8 Å². The van der Waals surface area contributed by atoms with Gasteiger partial charge in [-0.3, -0.25) is 9.59 Å². The molecule has 0 spiro atoms. The summed E-state index contributed by atoms with van der Waals surface area (Å²) in [7, 11) is 1.63. The molecule has 0 unspecified atom stereocenters. The maximum absolute atomic E-state index is 13.2. The van der Waals surface area contributed by atoms with Crippen molar-refractivity contribution in [3.63, 3.8) is 0 Å². The van der Waals surface area contributed by atoms with E-state index in [-0.39, 0.29) is 36.4 Å². The predicted molar refractivity (Wildman–Crippen MR) is 113 cm³/mol. The molecule has 0 radical (unpaired) electrons. The lowest BCUT2D eigenvalue weighted by molar-refractivity contribution is -0.132. The van der Waals surface area contributed by atoms with E-state index in [4.69, 9.17) is 14.2 Å². The first-order valence-corrected chi connectivity index (χ1v) is 10.7. The molecule has 2 aromatic rings. The Morgan fingerprint density at radius 3 is 2.58 bits per heavy atom. The Labute approximate surface area is 181 Å². The molecule has 0 bridgehead atoms. The Balaban J connectivity index is 1.30. The van der Waals surface area contributed by atoms with E-state index in [0.717, 1.165) is 35.5 Å². The quantitative estimate of drug-likeness (QED) is 0.775. The van der Waals surface area contributed by atoms with Crippen LogP contribution in [-0.2, 0) is 16.1 Å². The number of amides is 2. The third kappa shape index (κ3) is 4.04. The zero-order valence-electron chi connectivity index (χ0n) is 17.5. The number of rotatable bonds is 6. The van der Waals surface area contributed by atoms with Crippen LogP contribution in [0.5, 0.6) is 17.2 Å². The molecule has 3 aliphatic rings. The lowest BCUT2D eigenvalue weighted by Gasteiger charge is -2.18. The summed E-state index contributed by atoms with van der Waals surface area (Å²) in [6.45, 7) is 1.66. The first-order chi connectivity index (χ1) is 15.1. The van der Waals surface area contributed by atoms with E-state index in [1.165, 1.54) is 0 Å². The highest BCUT2D eigenvalue weighted by Gasteiger charge is 2.43. The van der Waals surface area contributed by atoms with E-state index in [0.29, 0.717) is 25.4 Å². The van der Waals surface area contributed by atoms with Crippen molar-refractivity contribution in [2.75, 3.05) is 27.0 Å². The number of ether oxygens (including phenoxy) is 3. The van der Waals surface area contributed by atoms with Gasteiger partial charge in [-0.1, -0.05) is 18.2 Å². The number of hydrogen-bond donors (Lipinski definition) is 1. The van der Waals surface area contributed by atoms with Gasteiger partial charge in [0.2, 0.25) is 18.6 Å². The van der Waals surface area contributed by atoms with Crippen LogP contribution < -0.4 is 19.5 Å². The lowest BCUT2D eigenvalue weighted by Crippen LogP contribution is -2.35. The Kier molecular flexibility index (Phi) is 5.18. The SMILES string of the molecule is COc1ccc([C@@H]2CN(C(=O)C3CC3)C[C@H]2C(=O)NCc2ccc3c(c2)OCO3)cc1. The van der Waals surface area contributed by atoms with Crippen LogP contribution in [0.2, 0.25) is 0 Å². The molecule has 1 saturated heterocycles. The van der Waals surface area contributed by atoms with Gasteiger partial charge in [0, 0.05) is 31.5 Å². The molecule has 5 rings (SSSR count). The van der Waals surface area contributed by atoms with E-state index in [1.807, 2.05) is 47.4 Å². The molecule has 31 heavy (non-hydrogen) atoms. The average molecular weight is 422 g/mol. The smallest absolute Gasteiger partial charge is 0.231 e. The molecule has 2 atom stereocenters. The van der Waals surface area contributed by atoms with Gasteiger partial charge in [0.25, 0.3) is 0 Å². The molecule has 1 N–H and O–H groups in total. The number of carbonyl (C=O) groups is 2. The zero-order valence-corrected chi connectivity index (χ0v) is 17.5. The van der Waals surface area contributed by atoms with E-state index in [1.54, 1.807) is 7.11 Å². The Bertz CT molecular complexity index is 986. The summed E-state index contributed by atoms with van der Waals surface area (Å²) in [5, 5.41) is 3.06. The zero-order chi connectivity index (χ0) is 21.4. The van der Waals surface area contributed by atoms with Crippen LogP contribution in [-0.4, -0.2) is 43.7 Å². The van der Waals surface area contributed by atoms with Gasteiger partial charge in [-0.2, -0.15) is 0 Å². The fourth-order valence-electron chi connectivity index (χ4n) is 4.40. The fourth-order valence-corrected chi connectivity index (χ4v) is 4.40. The van der Waals surface area contributed by atoms with Gasteiger partial charge in [0.05, 0.1) is 13.0 Å². The lowest BCUT2D eigenvalue weighted by atomic mass is 9.88. The van der Waals surface area contributed by atoms with E-state index >= 15 is 0 Å². The van der Waals surface area contributed by atoms with Crippen molar-refractivity contribution >= 4 is 11.8 Å². The summed E-state index contributed by atoms with van der Waals surface area (Å²) in [5.41, 5.74) is 2.00. The van der Waals surface area contributed by atoms with Crippen LogP contribution in [0.4, 0.5) is 0 Å². The highest BCUT2D eigenvalue weighted by Crippen LogP contribution is 2.38. The third-order valence-corrected chi connectivity index (χ3v) is 6.34. The van der Waals surface area contributed by atoms with Crippen LogP contribution in [0.25, 0.3) is 0 Å². The molecule has 2 amide bonds. The standard InChI is InChI=1S/C24H26N2O5/c1-29-18-7-5-16(6-8-18)19-12-26(24(28)17-3-4-17)13-20(19)23(27)25-11-15-2-9-21-22(10-15)31-14-30-21/h2,5-10,17,19-20H,3-4,11-14H2,1H3,(H,25,27)/t19-,20+/m0/s1. The van der Waals surface area contributed by atoms with Gasteiger partial charge in [-0.15, -0.1) is 0 Å². The van der Waals surface area contributed by atoms with Gasteiger partial charge >= 0.3 is 0 Å². The average Bonchev–Trinajstić information content (AvgIpc) is 3.38. The van der Waals surface area contributed by atoms with Crippen molar-refractivity contribution in [2.24, 2.45) is 11.8 Å². The Hall–Kier alpha value is -3.22. The number of likely N-dealkylation sites (tertiary alicyclic amines) is 1. The van der Waals surface area contributed by atoms with Crippen LogP contribution in [0.1, 0.15) is 29.9 Å². The number of benzene rings is 2. The third-order valence-electron chi connectivity index (χ3n) is 6.34. The second-order valence-corrected chi connectivity index (χ2v) is 8.41. The Morgan fingerprint density at radius 2 is 1.84 bits per heavy atom. The fraction of sp³-hybridized carbons (Fsp3) is 0.417. The molecule has 1 saturated carbocycles. The van der Waals surface area contributed by atoms with E-state index < -0.39 is 0 Å². The Morgan fingerprint density at radius 1 is 1.06 bits per heavy atom. The van der Waals surface area contributed by atoms with Crippen LogP contribution in [0.3, 0.4) is 0 Å². The van der Waals surface area contributed by atoms with E-state index in [9.17, 15) is 9.59 Å². The summed E-state index contributed by atoms with van der Waals surface area (Å²) >= 11 is 0. The normalized spacial score (nSPS) is 21.8. The number of nitrogens with one attached hydrogen (secondary N) is 1. The van der Waals surface area contributed by atoms with Gasteiger partial charge in [0.15, 0.2) is 11.5 Å². The van der Waals surface area contributed by atoms with Gasteiger partial charge in [0.1, 0.15) is 5.75 Å². The molecule has 162 valence electrons. The minimum atomic E-state index is -0.287. The maximum Gasteiger partial charge on any atom is 0.231 e. The largest absolute Gasteiger partial charge is 0.497 e. The van der Waals surface area contributed by atoms with E-state index in [2.05, 4.69) is 5.32 Å². The van der Waals surface area contributed by atoms with Gasteiger partial charge in [-0.05, 0) is 48.2 Å². The summed E-state index contributed by atoms with van der Waals surface area (Å²) in [6, 6.07) is 13.5. The van der Waals surface area contributed by atoms with Gasteiger partial charge in [-0.25, -0.2) is 0 Å².